The Hall–Kier alpha value is -7.52. The minimum Gasteiger partial charge on any atom is -0.310 e. The molecule has 0 spiro atoms. The highest BCUT2D eigenvalue weighted by atomic mass is 32.1. The summed E-state index contributed by atoms with van der Waals surface area (Å²) in [4.78, 5) is 2.52. The number of fused-ring (bicyclic) bond motifs is 14. The molecule has 0 saturated carbocycles. The van der Waals surface area contributed by atoms with Crippen molar-refractivity contribution in [1.82, 2.24) is 0 Å². The van der Waals surface area contributed by atoms with Crippen LogP contribution in [0.5, 0.6) is 0 Å². The van der Waals surface area contributed by atoms with Crippen LogP contribution in [-0.2, 0) is 5.41 Å². The van der Waals surface area contributed by atoms with E-state index in [0.29, 0.717) is 0 Å². The average Bonchev–Trinajstić information content (AvgIpc) is 3.83. The van der Waals surface area contributed by atoms with Crippen molar-refractivity contribution in [3.63, 3.8) is 0 Å². The Morgan fingerprint density at radius 2 is 0.921 bits per heavy atom. The second-order valence-corrected chi connectivity index (χ2v) is 18.7. The molecule has 0 N–H and O–H groups in total. The van der Waals surface area contributed by atoms with Crippen LogP contribution in [0.25, 0.3) is 96.6 Å². The number of thiophene rings is 1. The molecule has 1 nitrogen and oxygen atoms in total. The van der Waals surface area contributed by atoms with E-state index in [1.807, 2.05) is 11.3 Å². The van der Waals surface area contributed by atoms with Crippen LogP contribution in [0.3, 0.4) is 0 Å². The lowest BCUT2D eigenvalue weighted by molar-refractivity contribution is 0.660. The van der Waals surface area contributed by atoms with Crippen LogP contribution in [-0.4, -0.2) is 0 Å². The molecule has 1 aromatic heterocycles. The number of anilines is 3. The van der Waals surface area contributed by atoms with Gasteiger partial charge in [0.1, 0.15) is 0 Å². The maximum absolute atomic E-state index is 2.52. The summed E-state index contributed by atoms with van der Waals surface area (Å²) >= 11 is 1.91. The second-order valence-electron chi connectivity index (χ2n) is 17.6. The molecule has 13 rings (SSSR count). The first-order chi connectivity index (χ1) is 31.0. The predicted octanol–water partition coefficient (Wildman–Crippen LogP) is 17.8. The van der Waals surface area contributed by atoms with Gasteiger partial charge >= 0.3 is 0 Å². The highest BCUT2D eigenvalue weighted by molar-refractivity contribution is 7.26. The average molecular weight is 820 g/mol. The van der Waals surface area contributed by atoms with Crippen molar-refractivity contribution >= 4 is 91.7 Å². The second kappa shape index (κ2) is 13.7. The zero-order valence-corrected chi connectivity index (χ0v) is 35.9. The molecule has 2 heteroatoms. The standard InChI is InChI=1S/C61H41NS/c1-61(2)56-23-13-12-22-49(56)50-33-30-43(35-57(50)61)62(42-28-24-39(25-29-42)38-14-4-3-5-15-38)58-37-55-48-21-11-9-19-46(48)45-18-8-10-20-47(45)54(55)36-53(58)41-27-31-51-52-32-26-40-16-6-7-17-44(40)60(52)63-59(51)34-41/h3-37H,1-2H3. The van der Waals surface area contributed by atoms with Crippen molar-refractivity contribution in [3.8, 4) is 33.4 Å². The van der Waals surface area contributed by atoms with E-state index < -0.39 is 0 Å². The molecule has 296 valence electrons. The van der Waals surface area contributed by atoms with Crippen molar-refractivity contribution in [2.45, 2.75) is 19.3 Å². The minimum atomic E-state index is -0.150. The monoisotopic (exact) mass is 819 g/mol. The Labute approximate surface area is 370 Å². The smallest absolute Gasteiger partial charge is 0.0546 e. The Morgan fingerprint density at radius 3 is 1.68 bits per heavy atom. The third-order valence-corrected chi connectivity index (χ3v) is 15.0. The van der Waals surface area contributed by atoms with Gasteiger partial charge in [-0.15, -0.1) is 11.3 Å². The van der Waals surface area contributed by atoms with Gasteiger partial charge in [-0.1, -0.05) is 184 Å². The van der Waals surface area contributed by atoms with Gasteiger partial charge in [0.2, 0.25) is 0 Å². The van der Waals surface area contributed by atoms with E-state index in [0.717, 1.165) is 17.1 Å². The van der Waals surface area contributed by atoms with Gasteiger partial charge in [-0.2, -0.15) is 0 Å². The molecule has 1 aliphatic carbocycles. The molecule has 0 amide bonds. The first-order valence-electron chi connectivity index (χ1n) is 21.9. The van der Waals surface area contributed by atoms with Crippen LogP contribution in [0.1, 0.15) is 25.0 Å². The molecule has 0 aliphatic heterocycles. The van der Waals surface area contributed by atoms with E-state index in [9.17, 15) is 0 Å². The van der Waals surface area contributed by atoms with Crippen molar-refractivity contribution < 1.29 is 0 Å². The molecule has 0 fully saturated rings. The summed E-state index contributed by atoms with van der Waals surface area (Å²) in [5, 5.41) is 12.8. The van der Waals surface area contributed by atoms with Crippen molar-refractivity contribution in [2.75, 3.05) is 4.90 Å². The van der Waals surface area contributed by atoms with Gasteiger partial charge in [-0.25, -0.2) is 0 Å². The van der Waals surface area contributed by atoms with Gasteiger partial charge in [0.25, 0.3) is 0 Å². The largest absolute Gasteiger partial charge is 0.310 e. The van der Waals surface area contributed by atoms with Gasteiger partial charge in [0.15, 0.2) is 0 Å². The molecule has 0 bridgehead atoms. The zero-order chi connectivity index (χ0) is 41.8. The predicted molar refractivity (Wildman–Crippen MR) is 272 cm³/mol. The number of hydrogen-bond acceptors (Lipinski definition) is 2. The number of nitrogens with zero attached hydrogens (tertiary/aromatic N) is 1. The quantitative estimate of drug-likeness (QED) is 0.156. The fourth-order valence-corrected chi connectivity index (χ4v) is 12.0. The van der Waals surface area contributed by atoms with Crippen molar-refractivity contribution in [1.29, 1.82) is 0 Å². The summed E-state index contributed by atoms with van der Waals surface area (Å²) < 4.78 is 2.64. The van der Waals surface area contributed by atoms with Gasteiger partial charge in [-0.3, -0.25) is 0 Å². The third-order valence-electron chi connectivity index (χ3n) is 13.8. The first kappa shape index (κ1) is 36.2. The molecule has 0 atom stereocenters. The highest BCUT2D eigenvalue weighted by Crippen LogP contribution is 2.53. The zero-order valence-electron chi connectivity index (χ0n) is 35.1. The Kier molecular flexibility index (Phi) is 7.89. The van der Waals surface area contributed by atoms with E-state index >= 15 is 0 Å². The highest BCUT2D eigenvalue weighted by Gasteiger charge is 2.36. The van der Waals surface area contributed by atoms with Gasteiger partial charge in [-0.05, 0) is 124 Å². The van der Waals surface area contributed by atoms with Gasteiger partial charge in [0.05, 0.1) is 5.69 Å². The van der Waals surface area contributed by atoms with E-state index in [2.05, 4.69) is 231 Å². The maximum atomic E-state index is 2.52. The molecular formula is C61H41NS. The molecular weight excluding hydrogens is 779 g/mol. The molecule has 1 heterocycles. The summed E-state index contributed by atoms with van der Waals surface area (Å²) in [6.07, 6.45) is 0. The minimum absolute atomic E-state index is 0.150. The Balaban J connectivity index is 1.12. The van der Waals surface area contributed by atoms with Crippen molar-refractivity contribution in [2.24, 2.45) is 0 Å². The van der Waals surface area contributed by atoms with Gasteiger partial charge in [0, 0.05) is 42.5 Å². The third kappa shape index (κ3) is 5.48. The summed E-state index contributed by atoms with van der Waals surface area (Å²) in [6.45, 7) is 4.76. The summed E-state index contributed by atoms with van der Waals surface area (Å²) in [5.41, 5.74) is 13.4. The SMILES string of the molecule is CC1(C)c2ccccc2-c2ccc(N(c3ccc(-c4ccccc4)cc3)c3cc4c5ccccc5c5ccccc5c4cc3-c3ccc4c(c3)sc3c5ccccc5ccc43)cc21. The molecule has 63 heavy (non-hydrogen) atoms. The fraction of sp³-hybridized carbons (Fsp3) is 0.0492. The van der Waals surface area contributed by atoms with Crippen LogP contribution < -0.4 is 4.90 Å². The number of hydrogen-bond donors (Lipinski definition) is 0. The van der Waals surface area contributed by atoms with Crippen LogP contribution >= 0.6 is 11.3 Å². The van der Waals surface area contributed by atoms with Crippen LogP contribution in [0, 0.1) is 0 Å². The molecule has 0 radical (unpaired) electrons. The molecule has 12 aromatic rings. The first-order valence-corrected chi connectivity index (χ1v) is 22.7. The Bertz CT molecular complexity index is 3820. The topological polar surface area (TPSA) is 3.24 Å². The molecule has 0 saturated heterocycles. The summed E-state index contributed by atoms with van der Waals surface area (Å²) in [7, 11) is 0. The van der Waals surface area contributed by atoms with E-state index in [1.54, 1.807) is 0 Å². The van der Waals surface area contributed by atoms with Crippen LogP contribution in [0.4, 0.5) is 17.1 Å². The van der Waals surface area contributed by atoms with Gasteiger partial charge < -0.3 is 4.90 Å². The van der Waals surface area contributed by atoms with Crippen molar-refractivity contribution in [3.05, 3.63) is 223 Å². The normalized spacial score (nSPS) is 13.0. The van der Waals surface area contributed by atoms with Crippen LogP contribution in [0.2, 0.25) is 0 Å². The fourth-order valence-electron chi connectivity index (χ4n) is 10.7. The molecule has 0 unspecified atom stereocenters. The van der Waals surface area contributed by atoms with E-state index in [4.69, 9.17) is 0 Å². The Morgan fingerprint density at radius 1 is 0.349 bits per heavy atom. The summed E-state index contributed by atoms with van der Waals surface area (Å²) in [6, 6.07) is 79.4. The molecule has 1 aliphatic rings. The lowest BCUT2D eigenvalue weighted by Crippen LogP contribution is -2.17. The maximum Gasteiger partial charge on any atom is 0.0546 e. The lowest BCUT2D eigenvalue weighted by atomic mass is 9.82. The lowest BCUT2D eigenvalue weighted by Gasteiger charge is -2.30. The molecule has 11 aromatic carbocycles. The summed E-state index contributed by atoms with van der Waals surface area (Å²) in [5.74, 6) is 0. The number of benzene rings is 11. The van der Waals surface area contributed by atoms with E-state index in [1.165, 1.54) is 108 Å². The number of rotatable bonds is 5. The van der Waals surface area contributed by atoms with E-state index in [-0.39, 0.29) is 5.41 Å². The van der Waals surface area contributed by atoms with Crippen LogP contribution in [0.15, 0.2) is 212 Å².